The first kappa shape index (κ1) is 17.4. The van der Waals surface area contributed by atoms with Crippen LogP contribution in [0.4, 0.5) is 0 Å². The number of carbonyl (C=O) groups is 1. The maximum Gasteiger partial charge on any atom is 0.345 e. The third kappa shape index (κ3) is 3.52. The van der Waals surface area contributed by atoms with E-state index in [4.69, 9.17) is 4.42 Å². The van der Waals surface area contributed by atoms with Gasteiger partial charge in [0.05, 0.1) is 0 Å². The van der Waals surface area contributed by atoms with Crippen molar-refractivity contribution in [2.24, 2.45) is 20.0 Å². The molecule has 3 rings (SSSR count). The molecule has 0 aliphatic heterocycles. The number of rotatable bonds is 4. The lowest BCUT2D eigenvalue weighted by molar-refractivity contribution is 0.0899. The molecule has 8 heteroatoms. The number of oxazole rings is 1. The molecule has 1 amide bonds. The Labute approximate surface area is 146 Å². The number of hydrogen-bond donors (Lipinski definition) is 1. The smallest absolute Gasteiger partial charge is 0.345 e. The summed E-state index contributed by atoms with van der Waals surface area (Å²) in [6, 6.07) is 0.0507. The minimum atomic E-state index is -0.193. The van der Waals surface area contributed by atoms with Crippen molar-refractivity contribution < 1.29 is 9.21 Å². The average molecular weight is 347 g/mol. The number of amides is 1. The van der Waals surface area contributed by atoms with E-state index in [1.807, 2.05) is 0 Å². The second kappa shape index (κ2) is 6.85. The van der Waals surface area contributed by atoms with Gasteiger partial charge in [0.1, 0.15) is 11.6 Å². The Morgan fingerprint density at radius 2 is 2.00 bits per heavy atom. The van der Waals surface area contributed by atoms with Gasteiger partial charge in [-0.1, -0.05) is 12.8 Å². The maximum atomic E-state index is 12.6. The predicted molar refractivity (Wildman–Crippen MR) is 91.3 cm³/mol. The van der Waals surface area contributed by atoms with Crippen molar-refractivity contribution in [3.8, 4) is 0 Å². The summed E-state index contributed by atoms with van der Waals surface area (Å²) in [7, 11) is 3.39. The number of aromatic nitrogens is 4. The van der Waals surface area contributed by atoms with Gasteiger partial charge in [0.15, 0.2) is 11.6 Å². The molecule has 1 aliphatic carbocycles. The van der Waals surface area contributed by atoms with Gasteiger partial charge in [-0.05, 0) is 25.7 Å². The van der Waals surface area contributed by atoms with Crippen LogP contribution in [-0.2, 0) is 20.5 Å². The van der Waals surface area contributed by atoms with E-state index in [1.54, 1.807) is 32.5 Å². The molecule has 2 heterocycles. The molecule has 0 radical (unpaired) electrons. The molecule has 2 atom stereocenters. The normalized spacial score (nSPS) is 20.6. The lowest BCUT2D eigenvalue weighted by atomic mass is 9.82. The first-order chi connectivity index (χ1) is 11.9. The van der Waals surface area contributed by atoms with E-state index >= 15 is 0 Å². The molecule has 0 unspecified atom stereocenters. The van der Waals surface area contributed by atoms with E-state index in [-0.39, 0.29) is 23.6 Å². The fraction of sp³-hybridized carbons (Fsp3) is 0.647. The molecule has 1 N–H and O–H groups in total. The molecule has 0 bridgehead atoms. The largest absolute Gasteiger partial charge is 0.445 e. The highest BCUT2D eigenvalue weighted by Crippen LogP contribution is 2.27. The van der Waals surface area contributed by atoms with Crippen LogP contribution in [0.2, 0.25) is 0 Å². The number of aryl methyl sites for hydroxylation is 3. The minimum Gasteiger partial charge on any atom is -0.445 e. The molecular formula is C17H25N5O3. The molecule has 2 aromatic rings. The van der Waals surface area contributed by atoms with E-state index in [0.717, 1.165) is 31.5 Å². The summed E-state index contributed by atoms with van der Waals surface area (Å²) in [5.41, 5.74) is 0.229. The fourth-order valence-corrected chi connectivity index (χ4v) is 3.64. The summed E-state index contributed by atoms with van der Waals surface area (Å²) < 4.78 is 8.29. The highest BCUT2D eigenvalue weighted by atomic mass is 16.4. The summed E-state index contributed by atoms with van der Waals surface area (Å²) in [4.78, 5) is 28.6. The first-order valence-electron chi connectivity index (χ1n) is 8.70. The number of nitrogens with one attached hydrogen (secondary N) is 1. The van der Waals surface area contributed by atoms with Gasteiger partial charge >= 0.3 is 5.69 Å². The van der Waals surface area contributed by atoms with Gasteiger partial charge in [-0.2, -0.15) is 5.10 Å². The van der Waals surface area contributed by atoms with Crippen molar-refractivity contribution in [2.75, 3.05) is 0 Å². The fourth-order valence-electron chi connectivity index (χ4n) is 3.64. The van der Waals surface area contributed by atoms with Gasteiger partial charge in [0, 0.05) is 33.5 Å². The molecule has 0 aromatic carbocycles. The van der Waals surface area contributed by atoms with Gasteiger partial charge in [-0.3, -0.25) is 9.36 Å². The average Bonchev–Trinajstić information content (AvgIpc) is 3.03. The standard InChI is InChI=1S/C17H25N5O3/c1-10-15(18-11(2)25-10)16(23)19-13-8-6-5-7-12(13)9-14-20-22(4)17(24)21(14)3/h12-13H,5-9H2,1-4H3,(H,19,23)/t12-,13-/m1/s1. The zero-order chi connectivity index (χ0) is 18.1. The topological polar surface area (TPSA) is 95.0 Å². The minimum absolute atomic E-state index is 0.0507. The van der Waals surface area contributed by atoms with E-state index < -0.39 is 0 Å². The van der Waals surface area contributed by atoms with Gasteiger partial charge in [0.2, 0.25) is 0 Å². The van der Waals surface area contributed by atoms with Crippen LogP contribution in [0.3, 0.4) is 0 Å². The monoisotopic (exact) mass is 347 g/mol. The van der Waals surface area contributed by atoms with Crippen molar-refractivity contribution in [3.63, 3.8) is 0 Å². The third-order valence-corrected chi connectivity index (χ3v) is 5.01. The highest BCUT2D eigenvalue weighted by molar-refractivity contribution is 5.93. The molecule has 0 saturated heterocycles. The number of carbonyl (C=O) groups excluding carboxylic acids is 1. The van der Waals surface area contributed by atoms with Crippen molar-refractivity contribution >= 4 is 5.91 Å². The Bertz CT molecular complexity index is 832. The Kier molecular flexibility index (Phi) is 4.78. The van der Waals surface area contributed by atoms with Crippen LogP contribution in [0.15, 0.2) is 9.21 Å². The number of hydrogen-bond acceptors (Lipinski definition) is 5. The summed E-state index contributed by atoms with van der Waals surface area (Å²) in [5, 5.41) is 7.44. The summed E-state index contributed by atoms with van der Waals surface area (Å²) in [6.07, 6.45) is 4.81. The Hall–Kier alpha value is -2.38. The molecule has 136 valence electrons. The van der Waals surface area contributed by atoms with Gasteiger partial charge in [0.25, 0.3) is 5.91 Å². The molecule has 1 aliphatic rings. The van der Waals surface area contributed by atoms with Crippen LogP contribution in [0.25, 0.3) is 0 Å². The second-order valence-electron chi connectivity index (χ2n) is 6.85. The molecular weight excluding hydrogens is 322 g/mol. The lowest BCUT2D eigenvalue weighted by Gasteiger charge is -2.31. The molecule has 8 nitrogen and oxygen atoms in total. The zero-order valence-electron chi connectivity index (χ0n) is 15.2. The summed E-state index contributed by atoms with van der Waals surface area (Å²) in [6.45, 7) is 3.48. The van der Waals surface area contributed by atoms with Crippen molar-refractivity contribution in [1.82, 2.24) is 24.6 Å². The second-order valence-corrected chi connectivity index (χ2v) is 6.85. The summed E-state index contributed by atoms with van der Waals surface area (Å²) in [5.74, 6) is 1.85. The summed E-state index contributed by atoms with van der Waals surface area (Å²) >= 11 is 0. The van der Waals surface area contributed by atoms with E-state index in [1.165, 1.54) is 4.68 Å². The lowest BCUT2D eigenvalue weighted by Crippen LogP contribution is -2.43. The van der Waals surface area contributed by atoms with Gasteiger partial charge in [-0.25, -0.2) is 14.5 Å². The van der Waals surface area contributed by atoms with Crippen LogP contribution in [0.1, 0.15) is 53.6 Å². The molecule has 25 heavy (non-hydrogen) atoms. The predicted octanol–water partition coefficient (Wildman–Crippen LogP) is 1.25. The Balaban J connectivity index is 1.74. The first-order valence-corrected chi connectivity index (χ1v) is 8.70. The van der Waals surface area contributed by atoms with Crippen LogP contribution in [-0.4, -0.2) is 31.3 Å². The molecule has 1 fully saturated rings. The zero-order valence-corrected chi connectivity index (χ0v) is 15.2. The maximum absolute atomic E-state index is 12.6. The van der Waals surface area contributed by atoms with Gasteiger partial charge < -0.3 is 9.73 Å². The van der Waals surface area contributed by atoms with Crippen LogP contribution in [0, 0.1) is 19.8 Å². The quantitative estimate of drug-likeness (QED) is 0.898. The van der Waals surface area contributed by atoms with Crippen molar-refractivity contribution in [1.29, 1.82) is 0 Å². The highest BCUT2D eigenvalue weighted by Gasteiger charge is 2.29. The van der Waals surface area contributed by atoms with Gasteiger partial charge in [-0.15, -0.1) is 0 Å². The molecule has 1 saturated carbocycles. The Morgan fingerprint density at radius 3 is 2.60 bits per heavy atom. The Morgan fingerprint density at radius 1 is 1.28 bits per heavy atom. The third-order valence-electron chi connectivity index (χ3n) is 5.01. The van der Waals surface area contributed by atoms with Crippen molar-refractivity contribution in [3.05, 3.63) is 33.7 Å². The molecule has 0 spiro atoms. The van der Waals surface area contributed by atoms with E-state index in [2.05, 4.69) is 15.4 Å². The van der Waals surface area contributed by atoms with Crippen LogP contribution >= 0.6 is 0 Å². The number of nitrogens with zero attached hydrogens (tertiary/aromatic N) is 4. The SMILES string of the molecule is Cc1nc(C(=O)N[C@@H]2CCCC[C@@H]2Cc2nn(C)c(=O)n2C)c(C)o1. The van der Waals surface area contributed by atoms with Crippen molar-refractivity contribution in [2.45, 2.75) is 52.0 Å². The van der Waals surface area contributed by atoms with E-state index in [9.17, 15) is 9.59 Å². The van der Waals surface area contributed by atoms with E-state index in [0.29, 0.717) is 23.8 Å². The van der Waals surface area contributed by atoms with Crippen LogP contribution < -0.4 is 11.0 Å². The van der Waals surface area contributed by atoms with Crippen LogP contribution in [0.5, 0.6) is 0 Å². The molecule has 2 aromatic heterocycles.